The van der Waals surface area contributed by atoms with Crippen molar-refractivity contribution in [2.45, 2.75) is 44.1 Å². The van der Waals surface area contributed by atoms with Gasteiger partial charge >= 0.3 is 6.18 Å². The summed E-state index contributed by atoms with van der Waals surface area (Å²) in [5.41, 5.74) is 3.55. The molecule has 3 heterocycles. The molecule has 2 aromatic rings. The summed E-state index contributed by atoms with van der Waals surface area (Å²) in [6, 6.07) is 10.9. The Labute approximate surface area is 196 Å². The fraction of sp³-hybridized carbons (Fsp3) is 0.520. The molecule has 5 nitrogen and oxygen atoms in total. The van der Waals surface area contributed by atoms with Crippen LogP contribution in [-0.4, -0.2) is 67.7 Å². The van der Waals surface area contributed by atoms with Crippen molar-refractivity contribution in [2.24, 2.45) is 0 Å². The summed E-state index contributed by atoms with van der Waals surface area (Å²) in [5, 5.41) is 3.46. The summed E-state index contributed by atoms with van der Waals surface area (Å²) in [7, 11) is 0. The van der Waals surface area contributed by atoms with Gasteiger partial charge in [0, 0.05) is 31.4 Å². The molecule has 0 amide bonds. The summed E-state index contributed by atoms with van der Waals surface area (Å²) in [5.74, 6) is 1.22. The van der Waals surface area contributed by atoms with Crippen LogP contribution in [0.5, 0.6) is 11.5 Å². The Bertz CT molecular complexity index is 1010. The maximum absolute atomic E-state index is 13.5. The van der Waals surface area contributed by atoms with E-state index in [0.29, 0.717) is 30.4 Å². The molecule has 3 aliphatic rings. The van der Waals surface area contributed by atoms with E-state index >= 15 is 0 Å². The van der Waals surface area contributed by atoms with Gasteiger partial charge in [0.1, 0.15) is 0 Å². The third kappa shape index (κ3) is 4.81. The van der Waals surface area contributed by atoms with Crippen molar-refractivity contribution in [1.29, 1.82) is 0 Å². The molecule has 2 atom stereocenters. The lowest BCUT2D eigenvalue weighted by molar-refractivity contribution is -0.155. The minimum atomic E-state index is -4.31. The maximum atomic E-state index is 13.5. The van der Waals surface area contributed by atoms with Gasteiger partial charge in [0.25, 0.3) is 0 Å². The molecule has 9 heteroatoms. The van der Waals surface area contributed by atoms with Crippen molar-refractivity contribution in [3.05, 3.63) is 53.1 Å². The number of anilines is 1. The molecule has 0 saturated carbocycles. The standard InChI is InChI=1S/C25H29F4N3O2/c1-16-9-18-10-22-23(34-15-33-22)11-21(18)24(32(16)14-25(27,28)29)17-3-5-19(6-4-17)30-20-12-31(13-20)8-2-7-26/h3-6,10-11,16,20,24,30H,2,7-9,12-15H2,1H3/t16-,24-/m1/s1. The maximum Gasteiger partial charge on any atom is 0.401 e. The van der Waals surface area contributed by atoms with E-state index in [1.54, 1.807) is 0 Å². The number of alkyl halides is 4. The second kappa shape index (κ2) is 9.26. The SMILES string of the molecule is C[C@@H]1Cc2cc3c(cc2[C@@H](c2ccc(NC4CN(CCCF)C4)cc2)N1CC(F)(F)F)OCO3. The van der Waals surface area contributed by atoms with Crippen LogP contribution in [0.25, 0.3) is 0 Å². The molecule has 34 heavy (non-hydrogen) atoms. The third-order valence-corrected chi connectivity index (χ3v) is 6.87. The number of halogens is 4. The fourth-order valence-corrected chi connectivity index (χ4v) is 5.25. The Hall–Kier alpha value is -2.52. The first-order valence-electron chi connectivity index (χ1n) is 11.7. The Kier molecular flexibility index (Phi) is 6.33. The van der Waals surface area contributed by atoms with E-state index in [9.17, 15) is 17.6 Å². The van der Waals surface area contributed by atoms with Crippen LogP contribution in [0.1, 0.15) is 36.1 Å². The lowest BCUT2D eigenvalue weighted by Crippen LogP contribution is -2.54. The molecule has 5 rings (SSSR count). The molecular formula is C25H29F4N3O2. The Balaban J connectivity index is 1.38. The molecule has 0 radical (unpaired) electrons. The summed E-state index contributed by atoms with van der Waals surface area (Å²) < 4.78 is 64.0. The monoisotopic (exact) mass is 479 g/mol. The zero-order valence-electron chi connectivity index (χ0n) is 19.1. The molecule has 3 aliphatic heterocycles. The van der Waals surface area contributed by atoms with E-state index in [1.807, 2.05) is 43.3 Å². The zero-order valence-corrected chi connectivity index (χ0v) is 19.1. The van der Waals surface area contributed by atoms with E-state index in [0.717, 1.165) is 42.0 Å². The summed E-state index contributed by atoms with van der Waals surface area (Å²) in [4.78, 5) is 3.73. The number of benzene rings is 2. The molecule has 0 bridgehead atoms. The number of rotatable bonds is 7. The lowest BCUT2D eigenvalue weighted by Gasteiger charge is -2.42. The average Bonchev–Trinajstić information content (AvgIpc) is 3.21. The predicted octanol–water partition coefficient (Wildman–Crippen LogP) is 4.77. The van der Waals surface area contributed by atoms with Gasteiger partial charge in [0.2, 0.25) is 6.79 Å². The highest BCUT2D eigenvalue weighted by Gasteiger charge is 2.41. The number of likely N-dealkylation sites (tertiary alicyclic amines) is 1. The topological polar surface area (TPSA) is 37.0 Å². The lowest BCUT2D eigenvalue weighted by atomic mass is 9.84. The molecule has 0 aliphatic carbocycles. The highest BCUT2D eigenvalue weighted by atomic mass is 19.4. The smallest absolute Gasteiger partial charge is 0.401 e. The molecule has 0 unspecified atom stereocenters. The van der Waals surface area contributed by atoms with Crippen molar-refractivity contribution in [3.8, 4) is 11.5 Å². The number of fused-ring (bicyclic) bond motifs is 2. The second-order valence-corrected chi connectivity index (χ2v) is 9.41. The number of ether oxygens (including phenoxy) is 2. The van der Waals surface area contributed by atoms with E-state index in [1.165, 1.54) is 4.90 Å². The molecular weight excluding hydrogens is 450 g/mol. The number of hydrogen-bond acceptors (Lipinski definition) is 5. The van der Waals surface area contributed by atoms with E-state index in [-0.39, 0.29) is 19.5 Å². The van der Waals surface area contributed by atoms with Crippen molar-refractivity contribution in [2.75, 3.05) is 45.0 Å². The van der Waals surface area contributed by atoms with Crippen LogP contribution in [0.3, 0.4) is 0 Å². The number of nitrogens with zero attached hydrogens (tertiary/aromatic N) is 2. The number of hydrogen-bond donors (Lipinski definition) is 1. The first-order valence-corrected chi connectivity index (χ1v) is 11.7. The molecule has 0 spiro atoms. The van der Waals surface area contributed by atoms with Gasteiger partial charge in [0.15, 0.2) is 11.5 Å². The van der Waals surface area contributed by atoms with Crippen molar-refractivity contribution in [3.63, 3.8) is 0 Å². The highest BCUT2D eigenvalue weighted by Crippen LogP contribution is 2.45. The first kappa shape index (κ1) is 23.2. The van der Waals surface area contributed by atoms with Crippen LogP contribution in [0.4, 0.5) is 23.2 Å². The van der Waals surface area contributed by atoms with Crippen molar-refractivity contribution in [1.82, 2.24) is 9.80 Å². The van der Waals surface area contributed by atoms with Gasteiger partial charge in [-0.25, -0.2) is 0 Å². The molecule has 2 aromatic carbocycles. The largest absolute Gasteiger partial charge is 0.454 e. The van der Waals surface area contributed by atoms with Gasteiger partial charge in [-0.2, -0.15) is 13.2 Å². The molecule has 1 fully saturated rings. The van der Waals surface area contributed by atoms with Crippen LogP contribution in [0.2, 0.25) is 0 Å². The summed E-state index contributed by atoms with van der Waals surface area (Å²) >= 11 is 0. The van der Waals surface area contributed by atoms with E-state index in [2.05, 4.69) is 10.2 Å². The van der Waals surface area contributed by atoms with Gasteiger partial charge in [-0.3, -0.25) is 14.2 Å². The molecule has 1 saturated heterocycles. The summed E-state index contributed by atoms with van der Waals surface area (Å²) in [6.45, 7) is 3.17. The second-order valence-electron chi connectivity index (χ2n) is 9.41. The van der Waals surface area contributed by atoms with Gasteiger partial charge in [-0.1, -0.05) is 12.1 Å². The fourth-order valence-electron chi connectivity index (χ4n) is 5.25. The van der Waals surface area contributed by atoms with Crippen molar-refractivity contribution >= 4 is 5.69 Å². The van der Waals surface area contributed by atoms with E-state index in [4.69, 9.17) is 9.47 Å². The Morgan fingerprint density at radius 2 is 1.76 bits per heavy atom. The van der Waals surface area contributed by atoms with Crippen LogP contribution < -0.4 is 14.8 Å². The number of nitrogens with one attached hydrogen (secondary N) is 1. The van der Waals surface area contributed by atoms with Gasteiger partial charge < -0.3 is 14.8 Å². The Morgan fingerprint density at radius 3 is 2.44 bits per heavy atom. The summed E-state index contributed by atoms with van der Waals surface area (Å²) in [6.07, 6.45) is -3.24. The van der Waals surface area contributed by atoms with Gasteiger partial charge in [-0.15, -0.1) is 0 Å². The van der Waals surface area contributed by atoms with Gasteiger partial charge in [-0.05, 0) is 60.7 Å². The third-order valence-electron chi connectivity index (χ3n) is 6.87. The highest BCUT2D eigenvalue weighted by molar-refractivity contribution is 5.54. The minimum absolute atomic E-state index is 0.122. The quantitative estimate of drug-likeness (QED) is 0.579. The Morgan fingerprint density at radius 1 is 1.06 bits per heavy atom. The zero-order chi connectivity index (χ0) is 23.9. The van der Waals surface area contributed by atoms with Gasteiger partial charge in [0.05, 0.1) is 25.3 Å². The normalized spacial score (nSPS) is 23.0. The molecule has 184 valence electrons. The molecule has 0 aromatic heterocycles. The van der Waals surface area contributed by atoms with Crippen LogP contribution in [0.15, 0.2) is 36.4 Å². The van der Waals surface area contributed by atoms with Crippen LogP contribution in [-0.2, 0) is 6.42 Å². The molecule has 1 N–H and O–H groups in total. The average molecular weight is 480 g/mol. The predicted molar refractivity (Wildman–Crippen MR) is 121 cm³/mol. The van der Waals surface area contributed by atoms with Crippen LogP contribution in [0, 0.1) is 0 Å². The van der Waals surface area contributed by atoms with Crippen molar-refractivity contribution < 1.29 is 27.0 Å². The van der Waals surface area contributed by atoms with Crippen LogP contribution >= 0.6 is 0 Å². The first-order chi connectivity index (χ1) is 16.3. The minimum Gasteiger partial charge on any atom is -0.454 e. The van der Waals surface area contributed by atoms with E-state index < -0.39 is 18.8 Å².